The largest absolute Gasteiger partial charge is 0.508 e. The van der Waals surface area contributed by atoms with E-state index < -0.39 is 0 Å². The predicted molar refractivity (Wildman–Crippen MR) is 79.2 cm³/mol. The van der Waals surface area contributed by atoms with Crippen molar-refractivity contribution in [3.05, 3.63) is 64.5 Å². The molecule has 106 valence electrons. The van der Waals surface area contributed by atoms with E-state index in [1.54, 1.807) is 0 Å². The molecule has 0 radical (unpaired) electrons. The zero-order valence-corrected chi connectivity index (χ0v) is 12.1. The number of phenols is 1. The van der Waals surface area contributed by atoms with Crippen molar-refractivity contribution in [3.8, 4) is 5.75 Å². The van der Waals surface area contributed by atoms with Crippen molar-refractivity contribution in [1.29, 1.82) is 0 Å². The molecule has 0 bridgehead atoms. The average molecular weight is 273 g/mol. The van der Waals surface area contributed by atoms with Crippen LogP contribution in [0.15, 0.2) is 36.4 Å². The number of halogens is 1. The SMILES string of the molecule is Cc1ccc(C)c(C(C)NCc2cc(F)ccc2O)c1. The predicted octanol–water partition coefficient (Wildman–Crippen LogP) is 4.00. The van der Waals surface area contributed by atoms with E-state index in [1.807, 2.05) is 0 Å². The van der Waals surface area contributed by atoms with Crippen LogP contribution in [0.5, 0.6) is 5.75 Å². The summed E-state index contributed by atoms with van der Waals surface area (Å²) < 4.78 is 13.2. The quantitative estimate of drug-likeness (QED) is 0.882. The molecule has 1 atom stereocenters. The number of nitrogens with one attached hydrogen (secondary N) is 1. The van der Waals surface area contributed by atoms with Crippen molar-refractivity contribution in [2.45, 2.75) is 33.4 Å². The lowest BCUT2D eigenvalue weighted by molar-refractivity contribution is 0.457. The molecule has 0 heterocycles. The van der Waals surface area contributed by atoms with Gasteiger partial charge in [0.2, 0.25) is 0 Å². The molecule has 3 heteroatoms. The highest BCUT2D eigenvalue weighted by atomic mass is 19.1. The molecule has 0 saturated carbocycles. The highest BCUT2D eigenvalue weighted by molar-refractivity contribution is 5.34. The van der Waals surface area contributed by atoms with Gasteiger partial charge in [-0.15, -0.1) is 0 Å². The van der Waals surface area contributed by atoms with Gasteiger partial charge in [0.1, 0.15) is 11.6 Å². The zero-order chi connectivity index (χ0) is 14.7. The summed E-state index contributed by atoms with van der Waals surface area (Å²) in [6, 6.07) is 10.5. The number of hydrogen-bond acceptors (Lipinski definition) is 2. The van der Waals surface area contributed by atoms with Crippen molar-refractivity contribution >= 4 is 0 Å². The minimum Gasteiger partial charge on any atom is -0.508 e. The molecule has 0 aromatic heterocycles. The molecular weight excluding hydrogens is 253 g/mol. The lowest BCUT2D eigenvalue weighted by atomic mass is 10.00. The molecule has 0 aliphatic heterocycles. The molecule has 0 aliphatic rings. The molecule has 0 saturated heterocycles. The minimum absolute atomic E-state index is 0.118. The average Bonchev–Trinajstić information content (AvgIpc) is 2.42. The molecule has 20 heavy (non-hydrogen) atoms. The molecule has 2 nitrogen and oxygen atoms in total. The maximum Gasteiger partial charge on any atom is 0.123 e. The number of hydrogen-bond donors (Lipinski definition) is 2. The van der Waals surface area contributed by atoms with Gasteiger partial charge in [-0.3, -0.25) is 0 Å². The Labute approximate surface area is 119 Å². The van der Waals surface area contributed by atoms with E-state index in [0.29, 0.717) is 12.1 Å². The molecule has 2 aromatic carbocycles. The fraction of sp³-hybridized carbons (Fsp3) is 0.294. The van der Waals surface area contributed by atoms with Crippen LogP contribution in [0, 0.1) is 19.7 Å². The van der Waals surface area contributed by atoms with E-state index in [1.165, 1.54) is 34.9 Å². The second-order valence-electron chi connectivity index (χ2n) is 5.24. The molecule has 2 aromatic rings. The van der Waals surface area contributed by atoms with Gasteiger partial charge in [0.05, 0.1) is 0 Å². The Hall–Kier alpha value is -1.87. The first-order valence-electron chi connectivity index (χ1n) is 6.75. The first-order valence-corrected chi connectivity index (χ1v) is 6.75. The fourth-order valence-electron chi connectivity index (χ4n) is 2.30. The summed E-state index contributed by atoms with van der Waals surface area (Å²) in [6.45, 7) is 6.64. The second kappa shape index (κ2) is 6.06. The first kappa shape index (κ1) is 14.5. The Morgan fingerprint density at radius 2 is 1.90 bits per heavy atom. The molecule has 0 fully saturated rings. The summed E-state index contributed by atoms with van der Waals surface area (Å²) in [6.07, 6.45) is 0. The van der Waals surface area contributed by atoms with Gasteiger partial charge in [-0.1, -0.05) is 23.8 Å². The summed E-state index contributed by atoms with van der Waals surface area (Å²) >= 11 is 0. The summed E-state index contributed by atoms with van der Waals surface area (Å²) in [5.74, 6) is -0.217. The van der Waals surface area contributed by atoms with E-state index in [-0.39, 0.29) is 17.6 Å². The number of phenolic OH excluding ortho intramolecular Hbond substituents is 1. The van der Waals surface area contributed by atoms with Crippen molar-refractivity contribution in [2.24, 2.45) is 0 Å². The highest BCUT2D eigenvalue weighted by Gasteiger charge is 2.10. The lowest BCUT2D eigenvalue weighted by Crippen LogP contribution is -2.19. The standard InChI is InChI=1S/C17H20FNO/c1-11-4-5-12(2)16(8-11)13(3)19-10-14-9-15(18)6-7-17(14)20/h4-9,13,19-20H,10H2,1-3H3. The first-order chi connectivity index (χ1) is 9.47. The van der Waals surface area contributed by atoms with Gasteiger partial charge in [0, 0.05) is 18.2 Å². The molecule has 1 unspecified atom stereocenters. The topological polar surface area (TPSA) is 32.3 Å². The second-order valence-corrected chi connectivity index (χ2v) is 5.24. The van der Waals surface area contributed by atoms with E-state index in [0.717, 1.165) is 0 Å². The fourth-order valence-corrected chi connectivity index (χ4v) is 2.30. The highest BCUT2D eigenvalue weighted by Crippen LogP contribution is 2.22. The molecule has 2 rings (SSSR count). The molecule has 2 N–H and O–H groups in total. The Morgan fingerprint density at radius 3 is 2.65 bits per heavy atom. The van der Waals surface area contributed by atoms with E-state index >= 15 is 0 Å². The van der Waals surface area contributed by atoms with Crippen LogP contribution in [0.4, 0.5) is 4.39 Å². The van der Waals surface area contributed by atoms with E-state index in [9.17, 15) is 9.50 Å². The van der Waals surface area contributed by atoms with Crippen LogP contribution in [0.25, 0.3) is 0 Å². The van der Waals surface area contributed by atoms with Crippen LogP contribution in [-0.4, -0.2) is 5.11 Å². The van der Waals surface area contributed by atoms with Gasteiger partial charge in [-0.25, -0.2) is 4.39 Å². The maximum absolute atomic E-state index is 13.2. The summed E-state index contributed by atoms with van der Waals surface area (Å²) in [7, 11) is 0. The Morgan fingerprint density at radius 1 is 1.15 bits per heavy atom. The van der Waals surface area contributed by atoms with E-state index in [4.69, 9.17) is 0 Å². The van der Waals surface area contributed by atoms with Crippen molar-refractivity contribution in [1.82, 2.24) is 5.32 Å². The van der Waals surface area contributed by atoms with Crippen LogP contribution >= 0.6 is 0 Å². The minimum atomic E-state index is -0.334. The van der Waals surface area contributed by atoms with Gasteiger partial charge in [-0.05, 0) is 50.1 Å². The van der Waals surface area contributed by atoms with Gasteiger partial charge in [0.25, 0.3) is 0 Å². The summed E-state index contributed by atoms with van der Waals surface area (Å²) in [4.78, 5) is 0. The number of aryl methyl sites for hydroxylation is 2. The molecule has 0 spiro atoms. The number of benzene rings is 2. The van der Waals surface area contributed by atoms with Crippen molar-refractivity contribution < 1.29 is 9.50 Å². The van der Waals surface area contributed by atoms with Gasteiger partial charge < -0.3 is 10.4 Å². The van der Waals surface area contributed by atoms with Gasteiger partial charge in [0.15, 0.2) is 0 Å². The van der Waals surface area contributed by atoms with Crippen LogP contribution in [0.2, 0.25) is 0 Å². The van der Waals surface area contributed by atoms with Crippen LogP contribution < -0.4 is 5.32 Å². The Kier molecular flexibility index (Phi) is 4.40. The third-order valence-corrected chi connectivity index (χ3v) is 3.54. The van der Waals surface area contributed by atoms with Crippen molar-refractivity contribution in [3.63, 3.8) is 0 Å². The molecule has 0 aliphatic carbocycles. The number of aromatic hydroxyl groups is 1. The zero-order valence-electron chi connectivity index (χ0n) is 12.1. The van der Waals surface area contributed by atoms with Crippen LogP contribution in [0.1, 0.15) is 35.2 Å². The molecular formula is C17H20FNO. The summed E-state index contributed by atoms with van der Waals surface area (Å²) in [5.41, 5.74) is 4.23. The summed E-state index contributed by atoms with van der Waals surface area (Å²) in [5, 5.41) is 13.0. The molecule has 0 amide bonds. The number of rotatable bonds is 4. The lowest BCUT2D eigenvalue weighted by Gasteiger charge is -2.18. The normalized spacial score (nSPS) is 12.4. The van der Waals surface area contributed by atoms with E-state index in [2.05, 4.69) is 44.3 Å². The smallest absolute Gasteiger partial charge is 0.123 e. The monoisotopic (exact) mass is 273 g/mol. The maximum atomic E-state index is 13.2. The van der Waals surface area contributed by atoms with Crippen molar-refractivity contribution in [2.75, 3.05) is 0 Å². The van der Waals surface area contributed by atoms with Crippen LogP contribution in [0.3, 0.4) is 0 Å². The third kappa shape index (κ3) is 3.36. The van der Waals surface area contributed by atoms with Gasteiger partial charge in [-0.2, -0.15) is 0 Å². The Balaban J connectivity index is 2.10. The van der Waals surface area contributed by atoms with Crippen LogP contribution in [-0.2, 0) is 6.54 Å². The Bertz CT molecular complexity index is 610. The van der Waals surface area contributed by atoms with Gasteiger partial charge >= 0.3 is 0 Å². The third-order valence-electron chi connectivity index (χ3n) is 3.54.